The molecule has 2 aromatic carbocycles. The zero-order valence-corrected chi connectivity index (χ0v) is 19.0. The maximum Gasteiger partial charge on any atom is 0.235 e. The minimum Gasteiger partial charge on any atom is -0.349 e. The van der Waals surface area contributed by atoms with E-state index in [-0.39, 0.29) is 12.3 Å². The Kier molecular flexibility index (Phi) is 7.64. The molecule has 3 aromatic rings. The second kappa shape index (κ2) is 10.2. The van der Waals surface area contributed by atoms with Gasteiger partial charge in [-0.1, -0.05) is 54.1 Å². The van der Waals surface area contributed by atoms with Crippen molar-refractivity contribution >= 4 is 38.7 Å². The topological polar surface area (TPSA) is 76.1 Å². The van der Waals surface area contributed by atoms with E-state index >= 15 is 0 Å². The predicted molar refractivity (Wildman–Crippen MR) is 123 cm³/mol. The Labute approximate surface area is 186 Å². The molecule has 0 unspecified atom stereocenters. The molecule has 0 saturated carbocycles. The first-order valence-electron chi connectivity index (χ1n) is 9.56. The molecule has 158 valence electrons. The van der Waals surface area contributed by atoms with Crippen LogP contribution in [0.1, 0.15) is 21.9 Å². The molecular formula is C22H23ClN2O3S2. The van der Waals surface area contributed by atoms with Crippen LogP contribution in [0, 0.1) is 6.92 Å². The van der Waals surface area contributed by atoms with Crippen LogP contribution in [-0.2, 0) is 27.6 Å². The standard InChI is InChI=1S/C22H23ClN2O3S2/c1-16-22(18-9-11-19(23)12-10-18)25-21(29-16)14-24-20(26)15-30(27,28)13-5-8-17-6-3-2-4-7-17/h2-4,6-7,9-12H,5,8,13-15H2,1H3,(H,24,26). The van der Waals surface area contributed by atoms with Gasteiger partial charge in [0, 0.05) is 15.5 Å². The number of nitrogens with one attached hydrogen (secondary N) is 1. The molecule has 0 atom stereocenters. The maximum atomic E-state index is 12.2. The molecule has 0 saturated heterocycles. The highest BCUT2D eigenvalue weighted by Crippen LogP contribution is 2.28. The number of aromatic nitrogens is 1. The fourth-order valence-corrected chi connectivity index (χ4v) is 5.29. The normalized spacial score (nSPS) is 11.4. The number of benzene rings is 2. The lowest BCUT2D eigenvalue weighted by molar-refractivity contribution is -0.118. The van der Waals surface area contributed by atoms with Crippen molar-refractivity contribution in [2.24, 2.45) is 0 Å². The summed E-state index contributed by atoms with van der Waals surface area (Å²) in [6.07, 6.45) is 1.17. The average Bonchev–Trinajstić information content (AvgIpc) is 3.08. The number of amides is 1. The molecule has 0 radical (unpaired) electrons. The molecule has 30 heavy (non-hydrogen) atoms. The van der Waals surface area contributed by atoms with Crippen LogP contribution in [-0.4, -0.2) is 30.8 Å². The number of hydrogen-bond donors (Lipinski definition) is 1. The van der Waals surface area contributed by atoms with Gasteiger partial charge in [-0.15, -0.1) is 11.3 Å². The van der Waals surface area contributed by atoms with Crippen LogP contribution >= 0.6 is 22.9 Å². The van der Waals surface area contributed by atoms with Crippen molar-refractivity contribution in [3.8, 4) is 11.3 Å². The Morgan fingerprint density at radius 2 is 1.80 bits per heavy atom. The molecule has 1 heterocycles. The van der Waals surface area contributed by atoms with E-state index in [1.165, 1.54) is 11.3 Å². The van der Waals surface area contributed by atoms with E-state index in [9.17, 15) is 13.2 Å². The van der Waals surface area contributed by atoms with Gasteiger partial charge >= 0.3 is 0 Å². The van der Waals surface area contributed by atoms with Crippen molar-refractivity contribution in [2.75, 3.05) is 11.5 Å². The highest BCUT2D eigenvalue weighted by molar-refractivity contribution is 7.92. The Morgan fingerprint density at radius 3 is 2.50 bits per heavy atom. The van der Waals surface area contributed by atoms with Crippen LogP contribution in [0.2, 0.25) is 5.02 Å². The van der Waals surface area contributed by atoms with Crippen LogP contribution in [0.25, 0.3) is 11.3 Å². The summed E-state index contributed by atoms with van der Waals surface area (Å²) in [4.78, 5) is 17.7. The van der Waals surface area contributed by atoms with E-state index in [2.05, 4.69) is 10.3 Å². The quantitative estimate of drug-likeness (QED) is 0.510. The lowest BCUT2D eigenvalue weighted by atomic mass is 10.1. The number of rotatable bonds is 9. The Hall–Kier alpha value is -2.22. The third-order valence-corrected chi connectivity index (χ3v) is 7.35. The molecule has 1 aromatic heterocycles. The molecule has 5 nitrogen and oxygen atoms in total. The molecule has 1 amide bonds. The molecule has 0 fully saturated rings. The van der Waals surface area contributed by atoms with Crippen molar-refractivity contribution in [2.45, 2.75) is 26.3 Å². The van der Waals surface area contributed by atoms with Gasteiger partial charge in [0.05, 0.1) is 18.0 Å². The Balaban J connectivity index is 1.49. The van der Waals surface area contributed by atoms with Gasteiger partial charge < -0.3 is 5.32 Å². The Bertz CT molecular complexity index is 1100. The second-order valence-electron chi connectivity index (χ2n) is 6.98. The van der Waals surface area contributed by atoms with Gasteiger partial charge in [-0.2, -0.15) is 0 Å². The highest BCUT2D eigenvalue weighted by atomic mass is 35.5. The maximum absolute atomic E-state index is 12.2. The summed E-state index contributed by atoms with van der Waals surface area (Å²) in [5, 5.41) is 4.06. The first kappa shape index (κ1) is 22.5. The molecule has 8 heteroatoms. The van der Waals surface area contributed by atoms with Gasteiger partial charge in [0.15, 0.2) is 9.84 Å². The van der Waals surface area contributed by atoms with Crippen LogP contribution in [0.15, 0.2) is 54.6 Å². The summed E-state index contributed by atoms with van der Waals surface area (Å²) in [5.74, 6) is -1.02. The molecule has 0 aliphatic heterocycles. The van der Waals surface area contributed by atoms with Gasteiger partial charge in [-0.05, 0) is 37.5 Å². The van der Waals surface area contributed by atoms with Gasteiger partial charge in [-0.25, -0.2) is 13.4 Å². The van der Waals surface area contributed by atoms with Crippen molar-refractivity contribution < 1.29 is 13.2 Å². The predicted octanol–water partition coefficient (Wildman–Crippen LogP) is 4.44. The Morgan fingerprint density at radius 1 is 1.10 bits per heavy atom. The average molecular weight is 463 g/mol. The summed E-state index contributed by atoms with van der Waals surface area (Å²) in [5.41, 5.74) is 2.88. The third-order valence-electron chi connectivity index (χ3n) is 4.51. The molecule has 0 aliphatic carbocycles. The van der Waals surface area contributed by atoms with E-state index in [4.69, 9.17) is 11.6 Å². The number of aryl methyl sites for hydroxylation is 2. The lowest BCUT2D eigenvalue weighted by Crippen LogP contribution is -2.31. The zero-order chi connectivity index (χ0) is 21.6. The number of carbonyl (C=O) groups excluding carboxylic acids is 1. The molecule has 1 N–H and O–H groups in total. The van der Waals surface area contributed by atoms with E-state index in [0.29, 0.717) is 17.9 Å². The number of nitrogens with zero attached hydrogens (tertiary/aromatic N) is 1. The summed E-state index contributed by atoms with van der Waals surface area (Å²) in [6, 6.07) is 17.1. The minimum atomic E-state index is -3.45. The first-order chi connectivity index (χ1) is 14.3. The third kappa shape index (κ3) is 6.65. The first-order valence-corrected chi connectivity index (χ1v) is 12.6. The smallest absolute Gasteiger partial charge is 0.235 e. The molecule has 3 rings (SSSR count). The monoisotopic (exact) mass is 462 g/mol. The second-order valence-corrected chi connectivity index (χ2v) is 10.9. The summed E-state index contributed by atoms with van der Waals surface area (Å²) < 4.78 is 24.5. The van der Waals surface area contributed by atoms with E-state index < -0.39 is 21.5 Å². The minimum absolute atomic E-state index is 0.00755. The van der Waals surface area contributed by atoms with Crippen molar-refractivity contribution in [3.05, 3.63) is 75.1 Å². The summed E-state index contributed by atoms with van der Waals surface area (Å²) in [6.45, 7) is 2.17. The van der Waals surface area contributed by atoms with Gasteiger partial charge in [-0.3, -0.25) is 4.79 Å². The fraction of sp³-hybridized carbons (Fsp3) is 0.273. The largest absolute Gasteiger partial charge is 0.349 e. The zero-order valence-electron chi connectivity index (χ0n) is 16.6. The highest BCUT2D eigenvalue weighted by Gasteiger charge is 2.17. The summed E-state index contributed by atoms with van der Waals surface area (Å²) in [7, 11) is -3.45. The van der Waals surface area contributed by atoms with E-state index in [1.54, 1.807) is 12.1 Å². The van der Waals surface area contributed by atoms with Crippen LogP contribution < -0.4 is 5.32 Å². The number of sulfone groups is 1. The van der Waals surface area contributed by atoms with Crippen LogP contribution in [0.5, 0.6) is 0 Å². The molecular weight excluding hydrogens is 440 g/mol. The van der Waals surface area contributed by atoms with Crippen LogP contribution in [0.3, 0.4) is 0 Å². The number of thiazole rings is 1. The van der Waals surface area contributed by atoms with Gasteiger partial charge in [0.25, 0.3) is 0 Å². The van der Waals surface area contributed by atoms with Crippen molar-refractivity contribution in [1.82, 2.24) is 10.3 Å². The van der Waals surface area contributed by atoms with E-state index in [1.807, 2.05) is 49.4 Å². The fourth-order valence-electron chi connectivity index (χ4n) is 3.04. The van der Waals surface area contributed by atoms with E-state index in [0.717, 1.165) is 26.7 Å². The van der Waals surface area contributed by atoms with Crippen molar-refractivity contribution in [1.29, 1.82) is 0 Å². The van der Waals surface area contributed by atoms with Crippen molar-refractivity contribution in [3.63, 3.8) is 0 Å². The number of hydrogen-bond acceptors (Lipinski definition) is 5. The van der Waals surface area contributed by atoms with Gasteiger partial charge in [0.2, 0.25) is 5.91 Å². The molecule has 0 spiro atoms. The number of carbonyl (C=O) groups is 1. The lowest BCUT2D eigenvalue weighted by Gasteiger charge is -2.06. The number of halogens is 1. The summed E-state index contributed by atoms with van der Waals surface area (Å²) >= 11 is 7.41. The van der Waals surface area contributed by atoms with Gasteiger partial charge in [0.1, 0.15) is 10.8 Å². The molecule has 0 aliphatic rings. The SMILES string of the molecule is Cc1sc(CNC(=O)CS(=O)(=O)CCCc2ccccc2)nc1-c1ccc(Cl)cc1. The molecule has 0 bridgehead atoms. The van der Waals surface area contributed by atoms with Crippen LogP contribution in [0.4, 0.5) is 0 Å².